The normalized spacial score (nSPS) is 15.8. The Labute approximate surface area is 194 Å². The molecule has 0 aliphatic carbocycles. The predicted molar refractivity (Wildman–Crippen MR) is 130 cm³/mol. The Morgan fingerprint density at radius 1 is 1.12 bits per heavy atom. The van der Waals surface area contributed by atoms with Gasteiger partial charge in [0.2, 0.25) is 0 Å². The van der Waals surface area contributed by atoms with Crippen molar-refractivity contribution in [2.45, 2.75) is 53.4 Å². The summed E-state index contributed by atoms with van der Waals surface area (Å²) in [5.41, 5.74) is 3.79. The number of carbonyl (C=O) groups is 1. The molecular formula is C27H41NO4. The summed E-state index contributed by atoms with van der Waals surface area (Å²) in [4.78, 5) is 14.9. The van der Waals surface area contributed by atoms with Gasteiger partial charge in [0.1, 0.15) is 12.4 Å². The number of hydrogen-bond acceptors (Lipinski definition) is 5. The Bertz CT molecular complexity index is 729. The van der Waals surface area contributed by atoms with E-state index < -0.39 is 0 Å². The minimum atomic E-state index is -0.165. The van der Waals surface area contributed by atoms with E-state index in [0.29, 0.717) is 26.1 Å². The molecule has 1 aliphatic rings. The lowest BCUT2D eigenvalue weighted by Gasteiger charge is -2.26. The summed E-state index contributed by atoms with van der Waals surface area (Å²) in [6.07, 6.45) is 7.90. The van der Waals surface area contributed by atoms with Crippen LogP contribution >= 0.6 is 0 Å². The number of benzene rings is 1. The van der Waals surface area contributed by atoms with Crippen molar-refractivity contribution < 1.29 is 19.0 Å². The number of carbonyl (C=O) groups excluding carboxylic acids is 1. The Morgan fingerprint density at radius 3 is 2.50 bits per heavy atom. The quantitative estimate of drug-likeness (QED) is 0.310. The average molecular weight is 444 g/mol. The topological polar surface area (TPSA) is 48.0 Å². The van der Waals surface area contributed by atoms with Gasteiger partial charge in [0.05, 0.1) is 25.7 Å². The molecular weight excluding hydrogens is 402 g/mol. The first-order chi connectivity index (χ1) is 15.5. The average Bonchev–Trinajstić information content (AvgIpc) is 2.78. The fraction of sp³-hybridized carbons (Fsp3) is 0.593. The van der Waals surface area contributed by atoms with Crippen molar-refractivity contribution in [3.05, 3.63) is 53.1 Å². The number of ether oxygens (including phenoxy) is 3. The molecule has 1 aliphatic heterocycles. The minimum absolute atomic E-state index is 0.119. The number of allylic oxidation sites excluding steroid dienone is 4. The molecule has 1 saturated heterocycles. The van der Waals surface area contributed by atoms with Gasteiger partial charge >= 0.3 is 5.97 Å². The van der Waals surface area contributed by atoms with Crippen molar-refractivity contribution in [3.8, 4) is 5.75 Å². The molecule has 0 amide bonds. The number of rotatable bonds is 13. The highest BCUT2D eigenvalue weighted by Gasteiger charge is 2.19. The molecule has 5 heteroatoms. The van der Waals surface area contributed by atoms with Crippen LogP contribution in [0.25, 0.3) is 0 Å². The molecule has 32 heavy (non-hydrogen) atoms. The van der Waals surface area contributed by atoms with Crippen molar-refractivity contribution in [1.29, 1.82) is 0 Å². The van der Waals surface area contributed by atoms with Crippen LogP contribution in [0.3, 0.4) is 0 Å². The van der Waals surface area contributed by atoms with E-state index in [1.165, 1.54) is 11.1 Å². The van der Waals surface area contributed by atoms with E-state index in [1.54, 1.807) is 0 Å². The molecule has 178 valence electrons. The van der Waals surface area contributed by atoms with Crippen molar-refractivity contribution in [2.75, 3.05) is 46.1 Å². The van der Waals surface area contributed by atoms with Crippen LogP contribution in [0.5, 0.6) is 5.75 Å². The molecule has 0 radical (unpaired) electrons. The highest BCUT2D eigenvalue weighted by Crippen LogP contribution is 2.20. The molecule has 0 spiro atoms. The maximum absolute atomic E-state index is 12.5. The van der Waals surface area contributed by atoms with E-state index >= 15 is 0 Å². The van der Waals surface area contributed by atoms with Gasteiger partial charge < -0.3 is 14.2 Å². The summed E-state index contributed by atoms with van der Waals surface area (Å²) in [6.45, 7) is 13.8. The maximum atomic E-state index is 12.5. The van der Waals surface area contributed by atoms with Gasteiger partial charge in [-0.3, -0.25) is 9.69 Å². The SMILES string of the molecule is CCOC(=O)C(CC=C(C)CCC=C(C)C)Cc1ccc(OCCN2CCOCC2)cc1. The van der Waals surface area contributed by atoms with Crippen LogP contribution in [0.1, 0.15) is 52.5 Å². The molecule has 0 N–H and O–H groups in total. The molecule has 0 saturated carbocycles. The molecule has 1 aromatic rings. The van der Waals surface area contributed by atoms with Gasteiger partial charge in [0.15, 0.2) is 0 Å². The Hall–Kier alpha value is -2.11. The fourth-order valence-corrected chi connectivity index (χ4v) is 3.68. The van der Waals surface area contributed by atoms with Crippen molar-refractivity contribution in [2.24, 2.45) is 5.92 Å². The van der Waals surface area contributed by atoms with E-state index in [-0.39, 0.29) is 11.9 Å². The highest BCUT2D eigenvalue weighted by atomic mass is 16.5. The summed E-state index contributed by atoms with van der Waals surface area (Å²) in [5.74, 6) is 0.581. The first-order valence-electron chi connectivity index (χ1n) is 12.0. The van der Waals surface area contributed by atoms with Crippen molar-refractivity contribution >= 4 is 5.97 Å². The number of esters is 1. The van der Waals surface area contributed by atoms with Crippen LogP contribution in [0.15, 0.2) is 47.6 Å². The second kappa shape index (κ2) is 14.9. The van der Waals surface area contributed by atoms with Crippen LogP contribution in [0, 0.1) is 5.92 Å². The maximum Gasteiger partial charge on any atom is 0.309 e. The standard InChI is InChI=1S/C27H41NO4/c1-5-31-27(29)25(12-9-23(4)8-6-7-22(2)3)21-24-10-13-26(14-11-24)32-20-17-28-15-18-30-19-16-28/h7,9-11,13-14,25H,5-6,8,12,15-21H2,1-4H3. The van der Waals surface area contributed by atoms with E-state index in [2.05, 4.69) is 50.0 Å². The molecule has 1 fully saturated rings. The third kappa shape index (κ3) is 10.5. The van der Waals surface area contributed by atoms with E-state index in [9.17, 15) is 4.79 Å². The van der Waals surface area contributed by atoms with Gasteiger partial charge in [-0.2, -0.15) is 0 Å². The summed E-state index contributed by atoms with van der Waals surface area (Å²) in [6, 6.07) is 8.11. The van der Waals surface area contributed by atoms with Gasteiger partial charge in [-0.1, -0.05) is 35.4 Å². The number of hydrogen-bond donors (Lipinski definition) is 0. The lowest BCUT2D eigenvalue weighted by Crippen LogP contribution is -2.38. The molecule has 5 nitrogen and oxygen atoms in total. The Morgan fingerprint density at radius 2 is 1.84 bits per heavy atom. The first-order valence-corrected chi connectivity index (χ1v) is 12.0. The summed E-state index contributed by atoms with van der Waals surface area (Å²) < 4.78 is 16.6. The van der Waals surface area contributed by atoms with E-state index in [4.69, 9.17) is 14.2 Å². The lowest BCUT2D eigenvalue weighted by molar-refractivity contribution is -0.147. The van der Waals surface area contributed by atoms with Gasteiger partial charge in [0, 0.05) is 19.6 Å². The predicted octanol–water partition coefficient (Wildman–Crippen LogP) is 5.20. The lowest BCUT2D eigenvalue weighted by atomic mass is 9.94. The zero-order valence-electron chi connectivity index (χ0n) is 20.4. The number of morpholine rings is 1. The monoisotopic (exact) mass is 443 g/mol. The van der Waals surface area contributed by atoms with Crippen LogP contribution in [0.2, 0.25) is 0 Å². The third-order valence-electron chi connectivity index (χ3n) is 5.65. The third-order valence-corrected chi connectivity index (χ3v) is 5.65. The molecule has 0 aromatic heterocycles. The zero-order chi connectivity index (χ0) is 23.2. The van der Waals surface area contributed by atoms with Crippen LogP contribution < -0.4 is 4.74 Å². The summed E-state index contributed by atoms with van der Waals surface area (Å²) in [5, 5.41) is 0. The summed E-state index contributed by atoms with van der Waals surface area (Å²) in [7, 11) is 0. The largest absolute Gasteiger partial charge is 0.492 e. The van der Waals surface area contributed by atoms with Gasteiger partial charge in [-0.05, 0) is 71.1 Å². The molecule has 2 rings (SSSR count). The first kappa shape index (κ1) is 26.1. The molecule has 1 aromatic carbocycles. The fourth-order valence-electron chi connectivity index (χ4n) is 3.68. The van der Waals surface area contributed by atoms with Crippen molar-refractivity contribution in [1.82, 2.24) is 4.90 Å². The van der Waals surface area contributed by atoms with Crippen LogP contribution in [-0.4, -0.2) is 56.9 Å². The van der Waals surface area contributed by atoms with Gasteiger partial charge in [-0.15, -0.1) is 0 Å². The highest BCUT2D eigenvalue weighted by molar-refractivity contribution is 5.73. The Balaban J connectivity index is 1.86. The zero-order valence-corrected chi connectivity index (χ0v) is 20.4. The Kier molecular flexibility index (Phi) is 12.1. The van der Waals surface area contributed by atoms with E-state index in [0.717, 1.165) is 57.0 Å². The van der Waals surface area contributed by atoms with E-state index in [1.807, 2.05) is 19.1 Å². The molecule has 1 atom stereocenters. The molecule has 1 unspecified atom stereocenters. The molecule has 1 heterocycles. The van der Waals surface area contributed by atoms with Gasteiger partial charge in [-0.25, -0.2) is 0 Å². The van der Waals surface area contributed by atoms with Crippen LogP contribution in [-0.2, 0) is 20.7 Å². The van der Waals surface area contributed by atoms with Crippen LogP contribution in [0.4, 0.5) is 0 Å². The molecule has 0 bridgehead atoms. The minimum Gasteiger partial charge on any atom is -0.492 e. The second-order valence-electron chi connectivity index (χ2n) is 8.71. The number of nitrogens with zero attached hydrogens (tertiary/aromatic N) is 1. The smallest absolute Gasteiger partial charge is 0.309 e. The summed E-state index contributed by atoms with van der Waals surface area (Å²) >= 11 is 0. The van der Waals surface area contributed by atoms with Gasteiger partial charge in [0.25, 0.3) is 0 Å². The second-order valence-corrected chi connectivity index (χ2v) is 8.71. The van der Waals surface area contributed by atoms with Crippen molar-refractivity contribution in [3.63, 3.8) is 0 Å².